The molecule has 0 radical (unpaired) electrons. The molecule has 0 aliphatic heterocycles. The molecule has 0 saturated carbocycles. The molecule has 2 rings (SSSR count). The van der Waals surface area contributed by atoms with E-state index < -0.39 is 5.41 Å². The van der Waals surface area contributed by atoms with Gasteiger partial charge in [-0.1, -0.05) is 20.8 Å². The first-order valence-electron chi connectivity index (χ1n) is 5.70. The minimum atomic E-state index is -0.497. The number of hydrogen-bond donors (Lipinski definition) is 1. The largest absolute Gasteiger partial charge is 0.344 e. The summed E-state index contributed by atoms with van der Waals surface area (Å²) in [4.78, 5) is 34.7. The lowest BCUT2D eigenvalue weighted by Gasteiger charge is -2.15. The Morgan fingerprint density at radius 3 is 2.50 bits per heavy atom. The number of carbonyl (C=O) groups excluding carboxylic acids is 2. The normalized spacial score (nSPS) is 11.8. The standard InChI is InChI=1S/C13H15N3O2/c1-7(17)9-6-15-12-10(16-9)8(5-14-12)11(18)13(2,3)4/h5-6H,1-4H3,(H,14,15). The average Bonchev–Trinajstić information content (AvgIpc) is 2.68. The van der Waals surface area contributed by atoms with Gasteiger partial charge in [0.25, 0.3) is 0 Å². The molecule has 0 amide bonds. The van der Waals surface area contributed by atoms with Gasteiger partial charge in [0.2, 0.25) is 0 Å². The van der Waals surface area contributed by atoms with Crippen molar-refractivity contribution in [1.29, 1.82) is 0 Å². The van der Waals surface area contributed by atoms with E-state index in [1.807, 2.05) is 20.8 Å². The van der Waals surface area contributed by atoms with Crippen LogP contribution in [0.2, 0.25) is 0 Å². The maximum atomic E-state index is 12.2. The molecule has 0 fully saturated rings. The smallest absolute Gasteiger partial charge is 0.179 e. The third-order valence-corrected chi connectivity index (χ3v) is 2.67. The zero-order chi connectivity index (χ0) is 13.5. The summed E-state index contributed by atoms with van der Waals surface area (Å²) in [7, 11) is 0. The van der Waals surface area contributed by atoms with Crippen LogP contribution in [0.25, 0.3) is 11.2 Å². The SMILES string of the molecule is CC(=O)c1cnc2[nH]cc(C(=O)C(C)(C)C)c2n1. The maximum absolute atomic E-state index is 12.2. The lowest BCUT2D eigenvalue weighted by Crippen LogP contribution is -2.20. The van der Waals surface area contributed by atoms with Gasteiger partial charge in [-0.25, -0.2) is 9.97 Å². The van der Waals surface area contributed by atoms with E-state index in [4.69, 9.17) is 0 Å². The molecule has 1 N–H and O–H groups in total. The van der Waals surface area contributed by atoms with Gasteiger partial charge in [-0.15, -0.1) is 0 Å². The minimum Gasteiger partial charge on any atom is -0.344 e. The molecular formula is C13H15N3O2. The van der Waals surface area contributed by atoms with Crippen molar-refractivity contribution < 1.29 is 9.59 Å². The van der Waals surface area contributed by atoms with Crippen LogP contribution < -0.4 is 0 Å². The molecule has 0 unspecified atom stereocenters. The van der Waals surface area contributed by atoms with Crippen molar-refractivity contribution in [3.05, 3.63) is 23.7 Å². The number of nitrogens with one attached hydrogen (secondary N) is 1. The van der Waals surface area contributed by atoms with Crippen molar-refractivity contribution in [3.8, 4) is 0 Å². The predicted octanol–water partition coefficient (Wildman–Crippen LogP) is 2.39. The molecule has 94 valence electrons. The zero-order valence-corrected chi connectivity index (χ0v) is 10.9. The zero-order valence-electron chi connectivity index (χ0n) is 10.9. The predicted molar refractivity (Wildman–Crippen MR) is 67.7 cm³/mol. The van der Waals surface area contributed by atoms with E-state index in [2.05, 4.69) is 15.0 Å². The van der Waals surface area contributed by atoms with Gasteiger partial charge in [0.05, 0.1) is 11.8 Å². The first-order chi connectivity index (χ1) is 8.30. The highest BCUT2D eigenvalue weighted by atomic mass is 16.1. The molecular weight excluding hydrogens is 230 g/mol. The van der Waals surface area contributed by atoms with E-state index in [-0.39, 0.29) is 17.3 Å². The molecule has 2 heterocycles. The second-order valence-corrected chi connectivity index (χ2v) is 5.29. The number of aromatic amines is 1. The van der Waals surface area contributed by atoms with E-state index in [0.717, 1.165) is 0 Å². The number of nitrogens with zero attached hydrogens (tertiary/aromatic N) is 2. The van der Waals surface area contributed by atoms with Gasteiger partial charge >= 0.3 is 0 Å². The fourth-order valence-electron chi connectivity index (χ4n) is 1.64. The summed E-state index contributed by atoms with van der Waals surface area (Å²) in [6, 6.07) is 0. The van der Waals surface area contributed by atoms with Crippen LogP contribution in [0, 0.1) is 5.41 Å². The Kier molecular flexibility index (Phi) is 2.77. The highest BCUT2D eigenvalue weighted by Crippen LogP contribution is 2.24. The van der Waals surface area contributed by atoms with Crippen LogP contribution in [0.15, 0.2) is 12.4 Å². The van der Waals surface area contributed by atoms with Crippen LogP contribution in [-0.2, 0) is 0 Å². The number of ketones is 2. The average molecular weight is 245 g/mol. The van der Waals surface area contributed by atoms with Crippen molar-refractivity contribution in [2.75, 3.05) is 0 Å². The molecule has 0 atom stereocenters. The van der Waals surface area contributed by atoms with Gasteiger partial charge in [-0.05, 0) is 0 Å². The molecule has 2 aromatic rings. The summed E-state index contributed by atoms with van der Waals surface area (Å²) in [6.45, 7) is 6.96. The van der Waals surface area contributed by atoms with Crippen molar-refractivity contribution in [2.24, 2.45) is 5.41 Å². The summed E-state index contributed by atoms with van der Waals surface area (Å²) < 4.78 is 0. The van der Waals surface area contributed by atoms with Crippen molar-refractivity contribution in [3.63, 3.8) is 0 Å². The molecule has 0 bridgehead atoms. The summed E-state index contributed by atoms with van der Waals surface area (Å²) in [6.07, 6.45) is 3.01. The Morgan fingerprint density at radius 2 is 1.94 bits per heavy atom. The molecule has 2 aromatic heterocycles. The van der Waals surface area contributed by atoms with E-state index in [9.17, 15) is 9.59 Å². The Hall–Kier alpha value is -2.04. The van der Waals surface area contributed by atoms with Crippen LogP contribution in [0.5, 0.6) is 0 Å². The molecule has 5 nitrogen and oxygen atoms in total. The summed E-state index contributed by atoms with van der Waals surface area (Å²) in [5.41, 5.74) is 1.23. The fourth-order valence-corrected chi connectivity index (χ4v) is 1.64. The number of carbonyl (C=O) groups is 2. The van der Waals surface area contributed by atoms with Crippen LogP contribution >= 0.6 is 0 Å². The third-order valence-electron chi connectivity index (χ3n) is 2.67. The van der Waals surface area contributed by atoms with Crippen LogP contribution in [0.1, 0.15) is 48.5 Å². The molecule has 0 aliphatic rings. The lowest BCUT2D eigenvalue weighted by atomic mass is 9.87. The molecule has 0 saturated heterocycles. The van der Waals surface area contributed by atoms with Gasteiger partial charge in [-0.3, -0.25) is 9.59 Å². The van der Waals surface area contributed by atoms with E-state index >= 15 is 0 Å². The van der Waals surface area contributed by atoms with Crippen LogP contribution in [0.4, 0.5) is 0 Å². The molecule has 0 aromatic carbocycles. The fraction of sp³-hybridized carbons (Fsp3) is 0.385. The summed E-state index contributed by atoms with van der Waals surface area (Å²) in [5.74, 6) is -0.191. The number of hydrogen-bond acceptors (Lipinski definition) is 4. The van der Waals surface area contributed by atoms with Crippen molar-refractivity contribution in [1.82, 2.24) is 15.0 Å². The van der Waals surface area contributed by atoms with Crippen LogP contribution in [-0.4, -0.2) is 26.5 Å². The van der Waals surface area contributed by atoms with Crippen LogP contribution in [0.3, 0.4) is 0 Å². The molecule has 0 spiro atoms. The molecule has 0 aliphatic carbocycles. The number of Topliss-reactive ketones (excluding diaryl/α,β-unsaturated/α-hetero) is 2. The maximum Gasteiger partial charge on any atom is 0.179 e. The molecule has 5 heteroatoms. The third kappa shape index (κ3) is 2.03. The lowest BCUT2D eigenvalue weighted by molar-refractivity contribution is 0.0859. The first-order valence-corrected chi connectivity index (χ1v) is 5.70. The topological polar surface area (TPSA) is 75.7 Å². The minimum absolute atomic E-state index is 0.0243. The molecule has 18 heavy (non-hydrogen) atoms. The second-order valence-electron chi connectivity index (χ2n) is 5.29. The Morgan fingerprint density at radius 1 is 1.28 bits per heavy atom. The Labute approximate surface area is 105 Å². The Bertz CT molecular complexity index is 635. The quantitative estimate of drug-likeness (QED) is 0.824. The highest BCUT2D eigenvalue weighted by molar-refractivity contribution is 6.08. The van der Waals surface area contributed by atoms with E-state index in [1.165, 1.54) is 13.1 Å². The second kappa shape index (κ2) is 4.01. The number of rotatable bonds is 2. The van der Waals surface area contributed by atoms with Crippen molar-refractivity contribution >= 4 is 22.7 Å². The summed E-state index contributed by atoms with van der Waals surface area (Å²) >= 11 is 0. The highest BCUT2D eigenvalue weighted by Gasteiger charge is 2.26. The number of fused-ring (bicyclic) bond motifs is 1. The van der Waals surface area contributed by atoms with Gasteiger partial charge < -0.3 is 4.98 Å². The number of H-pyrrole nitrogens is 1. The van der Waals surface area contributed by atoms with E-state index in [1.54, 1.807) is 6.20 Å². The first kappa shape index (κ1) is 12.4. The van der Waals surface area contributed by atoms with E-state index in [0.29, 0.717) is 16.7 Å². The van der Waals surface area contributed by atoms with Gasteiger partial charge in [-0.2, -0.15) is 0 Å². The summed E-state index contributed by atoms with van der Waals surface area (Å²) in [5, 5.41) is 0. The van der Waals surface area contributed by atoms with Crippen molar-refractivity contribution in [2.45, 2.75) is 27.7 Å². The van der Waals surface area contributed by atoms with Gasteiger partial charge in [0.1, 0.15) is 11.2 Å². The Balaban J connectivity index is 2.62. The van der Waals surface area contributed by atoms with Gasteiger partial charge in [0, 0.05) is 18.5 Å². The monoisotopic (exact) mass is 245 g/mol. The number of aromatic nitrogens is 3. The van der Waals surface area contributed by atoms with Gasteiger partial charge in [0.15, 0.2) is 17.2 Å².